The molecule has 0 fully saturated rings. The highest BCUT2D eigenvalue weighted by atomic mass is 14.0. The molecule has 0 nitrogen and oxygen atoms in total. The molecule has 0 aromatic rings. The van der Waals surface area contributed by atoms with Gasteiger partial charge in [-0.25, -0.2) is 0 Å². The Balaban J connectivity index is 2.50. The molecule has 0 saturated carbocycles. The maximum absolute atomic E-state index is 2.36. The van der Waals surface area contributed by atoms with Crippen molar-refractivity contribution in [3.05, 3.63) is 35.5 Å². The van der Waals surface area contributed by atoms with E-state index in [0.717, 1.165) is 6.42 Å². The first kappa shape index (κ1) is 12.3. The zero-order valence-electron chi connectivity index (χ0n) is 10.3. The Kier molecular flexibility index (Phi) is 6.15. The first-order valence-electron chi connectivity index (χ1n) is 6.27. The maximum Gasteiger partial charge on any atom is -0.0163 e. The van der Waals surface area contributed by atoms with Gasteiger partial charge in [0.25, 0.3) is 0 Å². The van der Waals surface area contributed by atoms with Crippen LogP contribution in [0.2, 0.25) is 0 Å². The van der Waals surface area contributed by atoms with Gasteiger partial charge >= 0.3 is 0 Å². The second-order valence-corrected chi connectivity index (χ2v) is 4.64. The van der Waals surface area contributed by atoms with E-state index >= 15 is 0 Å². The van der Waals surface area contributed by atoms with Crippen molar-refractivity contribution in [1.29, 1.82) is 0 Å². The molecule has 0 saturated heterocycles. The Morgan fingerprint density at radius 2 is 1.53 bits per heavy atom. The molecule has 1 aliphatic rings. The lowest BCUT2D eigenvalue weighted by molar-refractivity contribution is 0.636. The van der Waals surface area contributed by atoms with E-state index in [1.54, 1.807) is 5.57 Å². The van der Waals surface area contributed by atoms with Crippen LogP contribution in [0.4, 0.5) is 0 Å². The minimum Gasteiger partial charge on any atom is -0.0818 e. The molecule has 0 aliphatic heterocycles. The third kappa shape index (κ3) is 6.33. The van der Waals surface area contributed by atoms with E-state index < -0.39 is 0 Å². The summed E-state index contributed by atoms with van der Waals surface area (Å²) < 4.78 is 0. The van der Waals surface area contributed by atoms with Crippen LogP contribution in [0.3, 0.4) is 0 Å². The van der Waals surface area contributed by atoms with E-state index in [1.165, 1.54) is 44.1 Å². The van der Waals surface area contributed by atoms with Crippen LogP contribution in [0, 0.1) is 0 Å². The fourth-order valence-corrected chi connectivity index (χ4v) is 1.93. The molecule has 0 heterocycles. The van der Waals surface area contributed by atoms with Crippen LogP contribution in [-0.4, -0.2) is 0 Å². The third-order valence-electron chi connectivity index (χ3n) is 3.01. The van der Waals surface area contributed by atoms with Gasteiger partial charge in [-0.3, -0.25) is 0 Å². The summed E-state index contributed by atoms with van der Waals surface area (Å²) in [7, 11) is 0. The van der Waals surface area contributed by atoms with Crippen molar-refractivity contribution < 1.29 is 0 Å². The van der Waals surface area contributed by atoms with Crippen LogP contribution in [-0.2, 0) is 0 Å². The van der Waals surface area contributed by atoms with Crippen LogP contribution < -0.4 is 0 Å². The molecule has 1 rings (SSSR count). The monoisotopic (exact) mass is 204 g/mol. The van der Waals surface area contributed by atoms with E-state index in [0.29, 0.717) is 0 Å². The van der Waals surface area contributed by atoms with E-state index in [2.05, 4.69) is 38.2 Å². The van der Waals surface area contributed by atoms with Crippen molar-refractivity contribution >= 4 is 0 Å². The summed E-state index contributed by atoms with van der Waals surface area (Å²) in [5, 5.41) is 0. The molecule has 15 heavy (non-hydrogen) atoms. The van der Waals surface area contributed by atoms with Gasteiger partial charge in [-0.15, -0.1) is 0 Å². The minimum atomic E-state index is 1.09. The Morgan fingerprint density at radius 3 is 2.27 bits per heavy atom. The number of allylic oxidation sites excluding steroid dienone is 6. The second kappa shape index (κ2) is 7.50. The minimum absolute atomic E-state index is 1.09. The summed E-state index contributed by atoms with van der Waals surface area (Å²) in [4.78, 5) is 0. The molecule has 0 radical (unpaired) electrons. The van der Waals surface area contributed by atoms with Gasteiger partial charge in [0, 0.05) is 0 Å². The summed E-state index contributed by atoms with van der Waals surface area (Å²) >= 11 is 0. The molecule has 0 bridgehead atoms. The van der Waals surface area contributed by atoms with Crippen molar-refractivity contribution in [3.8, 4) is 0 Å². The fourth-order valence-electron chi connectivity index (χ4n) is 1.93. The Labute approximate surface area is 94.8 Å². The van der Waals surface area contributed by atoms with Gasteiger partial charge in [-0.05, 0) is 46.0 Å². The lowest BCUT2D eigenvalue weighted by Crippen LogP contribution is -1.82. The molecule has 0 aromatic heterocycles. The number of rotatable bonds is 0. The van der Waals surface area contributed by atoms with E-state index in [-0.39, 0.29) is 0 Å². The topological polar surface area (TPSA) is 0 Å². The van der Waals surface area contributed by atoms with Crippen LogP contribution >= 0.6 is 0 Å². The highest BCUT2D eigenvalue weighted by Gasteiger charge is 1.94. The van der Waals surface area contributed by atoms with Gasteiger partial charge in [0.2, 0.25) is 0 Å². The van der Waals surface area contributed by atoms with Crippen LogP contribution in [0.5, 0.6) is 0 Å². The van der Waals surface area contributed by atoms with Crippen molar-refractivity contribution in [3.63, 3.8) is 0 Å². The lowest BCUT2D eigenvalue weighted by atomic mass is 10.0. The molecule has 0 unspecified atom stereocenters. The molecule has 0 aromatic carbocycles. The normalized spacial score (nSPS) is 29.7. The summed E-state index contributed by atoms with van der Waals surface area (Å²) in [5.41, 5.74) is 3.07. The number of hydrogen-bond donors (Lipinski definition) is 0. The molecule has 0 atom stereocenters. The quantitative estimate of drug-likeness (QED) is 0.477. The van der Waals surface area contributed by atoms with Crippen molar-refractivity contribution in [2.75, 3.05) is 0 Å². The Hall–Kier alpha value is -0.780. The largest absolute Gasteiger partial charge is 0.0818 e. The van der Waals surface area contributed by atoms with Crippen molar-refractivity contribution in [2.45, 2.75) is 58.8 Å². The molecule has 0 amide bonds. The zero-order chi connectivity index (χ0) is 10.9. The van der Waals surface area contributed by atoms with Gasteiger partial charge in [0.05, 0.1) is 0 Å². The van der Waals surface area contributed by atoms with Crippen molar-refractivity contribution in [2.24, 2.45) is 0 Å². The highest BCUT2D eigenvalue weighted by molar-refractivity contribution is 5.12. The molecule has 1 aliphatic carbocycles. The van der Waals surface area contributed by atoms with Gasteiger partial charge in [0.1, 0.15) is 0 Å². The van der Waals surface area contributed by atoms with Gasteiger partial charge in [-0.1, -0.05) is 48.3 Å². The van der Waals surface area contributed by atoms with E-state index in [1.807, 2.05) is 0 Å². The molecule has 84 valence electrons. The summed E-state index contributed by atoms with van der Waals surface area (Å²) in [5.74, 6) is 0. The standard InChI is InChI=1S/C15H24/c1-14-10-6-3-4-7-11-15(2)13-9-5-8-12-14/h5,8,12-13H,3-4,6-7,9-11H2,1-2H3/b8-5-,14-12+,15-13+. The van der Waals surface area contributed by atoms with Crippen LogP contribution in [0.15, 0.2) is 35.5 Å². The van der Waals surface area contributed by atoms with E-state index in [4.69, 9.17) is 0 Å². The van der Waals surface area contributed by atoms with Gasteiger partial charge < -0.3 is 0 Å². The fraction of sp³-hybridized carbons (Fsp3) is 0.600. The molecule has 0 N–H and O–H groups in total. The molecular weight excluding hydrogens is 180 g/mol. The first-order chi connectivity index (χ1) is 7.29. The molecule has 0 heteroatoms. The average molecular weight is 204 g/mol. The van der Waals surface area contributed by atoms with Gasteiger partial charge in [-0.2, -0.15) is 0 Å². The number of hydrogen-bond acceptors (Lipinski definition) is 0. The Bertz CT molecular complexity index is 253. The van der Waals surface area contributed by atoms with Gasteiger partial charge in [0.15, 0.2) is 0 Å². The highest BCUT2D eigenvalue weighted by Crippen LogP contribution is 2.14. The smallest absolute Gasteiger partial charge is 0.0163 e. The second-order valence-electron chi connectivity index (χ2n) is 4.64. The summed E-state index contributed by atoms with van der Waals surface area (Å²) in [6, 6.07) is 0. The predicted octanol–water partition coefficient (Wildman–Crippen LogP) is 5.18. The zero-order valence-corrected chi connectivity index (χ0v) is 10.3. The third-order valence-corrected chi connectivity index (χ3v) is 3.01. The Morgan fingerprint density at radius 1 is 0.867 bits per heavy atom. The lowest BCUT2D eigenvalue weighted by Gasteiger charge is -2.02. The summed E-state index contributed by atoms with van der Waals surface area (Å²) in [6.07, 6.45) is 18.3. The predicted molar refractivity (Wildman–Crippen MR) is 69.0 cm³/mol. The molecular formula is C15H24. The van der Waals surface area contributed by atoms with Crippen LogP contribution in [0.25, 0.3) is 0 Å². The molecule has 0 spiro atoms. The SMILES string of the molecule is C/C1=C\C=C/C/C=C(\C)CCCCCC1. The van der Waals surface area contributed by atoms with Crippen LogP contribution in [0.1, 0.15) is 58.8 Å². The first-order valence-corrected chi connectivity index (χ1v) is 6.27. The summed E-state index contributed by atoms with van der Waals surface area (Å²) in [6.45, 7) is 4.50. The van der Waals surface area contributed by atoms with E-state index in [9.17, 15) is 0 Å². The van der Waals surface area contributed by atoms with Crippen molar-refractivity contribution in [1.82, 2.24) is 0 Å². The average Bonchev–Trinajstić information content (AvgIpc) is 2.23. The maximum atomic E-state index is 2.36.